The highest BCUT2D eigenvalue weighted by Gasteiger charge is 2.41. The van der Waals surface area contributed by atoms with Crippen molar-refractivity contribution in [3.05, 3.63) is 41.5 Å². The average molecular weight is 342 g/mol. The molecule has 0 bridgehead atoms. The Balaban J connectivity index is 1.52. The summed E-state index contributed by atoms with van der Waals surface area (Å²) in [6.45, 7) is 4.57. The molecule has 25 heavy (non-hydrogen) atoms. The van der Waals surface area contributed by atoms with E-state index in [0.717, 1.165) is 25.7 Å². The van der Waals surface area contributed by atoms with Crippen molar-refractivity contribution < 1.29 is 9.90 Å². The second-order valence-electron chi connectivity index (χ2n) is 7.82. The van der Waals surface area contributed by atoms with Crippen molar-refractivity contribution in [3.63, 3.8) is 0 Å². The number of amides is 1. The summed E-state index contributed by atoms with van der Waals surface area (Å²) in [7, 11) is 0. The van der Waals surface area contributed by atoms with E-state index in [-0.39, 0.29) is 6.04 Å². The van der Waals surface area contributed by atoms with Gasteiger partial charge in [-0.2, -0.15) is 0 Å². The molecule has 0 heterocycles. The van der Waals surface area contributed by atoms with Crippen LogP contribution in [0.2, 0.25) is 0 Å². The molecule has 0 saturated heterocycles. The van der Waals surface area contributed by atoms with E-state index in [1.165, 1.54) is 12.0 Å². The first kappa shape index (κ1) is 18.0. The van der Waals surface area contributed by atoms with Gasteiger partial charge in [0.05, 0.1) is 0 Å². The van der Waals surface area contributed by atoms with Crippen molar-refractivity contribution in [3.8, 4) is 0 Å². The lowest BCUT2D eigenvalue weighted by Gasteiger charge is -2.29. The molecular weight excluding hydrogens is 312 g/mol. The normalized spacial score (nSPS) is 29.5. The molecule has 2 aliphatic rings. The molecule has 1 amide bonds. The van der Waals surface area contributed by atoms with Crippen molar-refractivity contribution in [2.45, 2.75) is 64.1 Å². The van der Waals surface area contributed by atoms with Crippen molar-refractivity contribution in [2.24, 2.45) is 11.8 Å². The second kappa shape index (κ2) is 8.05. The largest absolute Gasteiger partial charge is 0.465 e. The molecule has 4 heteroatoms. The maximum Gasteiger partial charge on any atom is 0.404 e. The van der Waals surface area contributed by atoms with Crippen LogP contribution in [0, 0.1) is 11.8 Å². The van der Waals surface area contributed by atoms with Crippen molar-refractivity contribution in [2.75, 3.05) is 0 Å². The highest BCUT2D eigenvalue weighted by Crippen LogP contribution is 2.42. The maximum atomic E-state index is 10.7. The number of carboxylic acid groups (broad SMARTS) is 1. The van der Waals surface area contributed by atoms with E-state index in [1.54, 1.807) is 5.57 Å². The minimum absolute atomic E-state index is 0.134. The average Bonchev–Trinajstić information content (AvgIpc) is 3.33. The predicted molar refractivity (Wildman–Crippen MR) is 101 cm³/mol. The summed E-state index contributed by atoms with van der Waals surface area (Å²) < 4.78 is 0. The first-order chi connectivity index (χ1) is 12.0. The minimum atomic E-state index is -0.897. The summed E-state index contributed by atoms with van der Waals surface area (Å²) in [5.74, 6) is 1.21. The highest BCUT2D eigenvalue weighted by atomic mass is 16.4. The second-order valence-corrected chi connectivity index (χ2v) is 7.82. The van der Waals surface area contributed by atoms with Gasteiger partial charge in [-0.25, -0.2) is 4.79 Å². The van der Waals surface area contributed by atoms with Crippen LogP contribution in [-0.4, -0.2) is 29.3 Å². The Kier molecular flexibility index (Phi) is 5.79. The van der Waals surface area contributed by atoms with Gasteiger partial charge >= 0.3 is 6.09 Å². The molecule has 2 aliphatic carbocycles. The Labute approximate surface area is 150 Å². The summed E-state index contributed by atoms with van der Waals surface area (Å²) >= 11 is 0. The molecular formula is C21H30N2O2. The van der Waals surface area contributed by atoms with Gasteiger partial charge in [0.1, 0.15) is 0 Å². The fraction of sp³-hybridized carbons (Fsp3) is 0.571. The minimum Gasteiger partial charge on any atom is -0.465 e. The van der Waals surface area contributed by atoms with Crippen LogP contribution < -0.4 is 10.6 Å². The number of carbonyl (C=O) groups is 1. The molecule has 0 aromatic heterocycles. The molecule has 4 nitrogen and oxygen atoms in total. The first-order valence-electron chi connectivity index (χ1n) is 9.55. The van der Waals surface area contributed by atoms with E-state index in [1.807, 2.05) is 0 Å². The van der Waals surface area contributed by atoms with Crippen molar-refractivity contribution in [1.82, 2.24) is 10.6 Å². The van der Waals surface area contributed by atoms with Gasteiger partial charge in [0, 0.05) is 18.1 Å². The molecule has 1 aromatic carbocycles. The number of hydrogen-bond acceptors (Lipinski definition) is 2. The molecule has 2 fully saturated rings. The van der Waals surface area contributed by atoms with E-state index < -0.39 is 6.09 Å². The zero-order valence-corrected chi connectivity index (χ0v) is 15.2. The Hall–Kier alpha value is -1.81. The molecule has 0 spiro atoms. The Bertz CT molecular complexity index is 604. The van der Waals surface area contributed by atoms with Gasteiger partial charge in [0.2, 0.25) is 0 Å². The van der Waals surface area contributed by atoms with Crippen molar-refractivity contribution >= 4 is 12.2 Å². The van der Waals surface area contributed by atoms with E-state index in [9.17, 15) is 4.79 Å². The molecule has 0 unspecified atom stereocenters. The molecule has 2 saturated carbocycles. The Morgan fingerprint density at radius 2 is 1.76 bits per heavy atom. The number of benzene rings is 1. The molecule has 0 radical (unpaired) electrons. The van der Waals surface area contributed by atoms with Gasteiger partial charge in [0.15, 0.2) is 0 Å². The van der Waals surface area contributed by atoms with Crippen LogP contribution >= 0.6 is 0 Å². The zero-order chi connectivity index (χ0) is 17.8. The lowest BCUT2D eigenvalue weighted by Crippen LogP contribution is -2.42. The smallest absolute Gasteiger partial charge is 0.404 e. The van der Waals surface area contributed by atoms with E-state index in [2.05, 4.69) is 60.9 Å². The van der Waals surface area contributed by atoms with Crippen LogP contribution in [0.5, 0.6) is 0 Å². The van der Waals surface area contributed by atoms with E-state index in [4.69, 9.17) is 5.11 Å². The molecule has 3 rings (SSSR count). The van der Waals surface area contributed by atoms with E-state index in [0.29, 0.717) is 23.9 Å². The van der Waals surface area contributed by atoms with Crippen molar-refractivity contribution in [1.29, 1.82) is 0 Å². The summed E-state index contributed by atoms with van der Waals surface area (Å²) in [4.78, 5) is 10.7. The monoisotopic (exact) mass is 342 g/mol. The molecule has 136 valence electrons. The Morgan fingerprint density at radius 1 is 1.12 bits per heavy atom. The first-order valence-corrected chi connectivity index (χ1v) is 9.55. The number of rotatable bonds is 6. The predicted octanol–water partition coefficient (Wildman–Crippen LogP) is 4.28. The van der Waals surface area contributed by atoms with Gasteiger partial charge < -0.3 is 15.7 Å². The summed E-state index contributed by atoms with van der Waals surface area (Å²) in [5, 5.41) is 15.3. The summed E-state index contributed by atoms with van der Waals surface area (Å²) in [6, 6.07) is 11.8. The van der Waals surface area contributed by atoms with Gasteiger partial charge in [-0.05, 0) is 49.5 Å². The number of nitrogens with one attached hydrogen (secondary N) is 2. The fourth-order valence-corrected chi connectivity index (χ4v) is 4.07. The van der Waals surface area contributed by atoms with Crippen LogP contribution in [0.3, 0.4) is 0 Å². The van der Waals surface area contributed by atoms with Crippen LogP contribution in [0.15, 0.2) is 35.9 Å². The summed E-state index contributed by atoms with van der Waals surface area (Å²) in [5.41, 5.74) is 2.84. The Morgan fingerprint density at radius 3 is 2.36 bits per heavy atom. The van der Waals surface area contributed by atoms with E-state index >= 15 is 0 Å². The lowest BCUT2D eigenvalue weighted by molar-refractivity contribution is 0.183. The van der Waals surface area contributed by atoms with Crippen LogP contribution in [-0.2, 0) is 0 Å². The van der Waals surface area contributed by atoms with Gasteiger partial charge in [-0.3, -0.25) is 0 Å². The third-order valence-electron chi connectivity index (χ3n) is 5.52. The fourth-order valence-electron chi connectivity index (χ4n) is 4.07. The third kappa shape index (κ3) is 5.08. The molecule has 2 atom stereocenters. The molecule has 0 aliphatic heterocycles. The molecule has 1 aromatic rings. The van der Waals surface area contributed by atoms with Gasteiger partial charge in [0.25, 0.3) is 0 Å². The lowest BCUT2D eigenvalue weighted by atomic mass is 9.91. The molecule has 3 N–H and O–H groups in total. The summed E-state index contributed by atoms with van der Waals surface area (Å²) in [6.07, 6.45) is 6.71. The van der Waals surface area contributed by atoms with Crippen LogP contribution in [0.4, 0.5) is 4.79 Å². The topological polar surface area (TPSA) is 61.4 Å². The number of hydrogen-bond donors (Lipinski definition) is 3. The quantitative estimate of drug-likeness (QED) is 0.723. The van der Waals surface area contributed by atoms with Gasteiger partial charge in [-0.1, -0.05) is 55.8 Å². The standard InChI is InChI=1S/C21H30N2O2/c1-14(2)18(12-15-6-4-3-5-7-15)19-13-20(19)22-16-8-10-17(11-9-16)23-21(24)25/h3-7,12,14,16-17,19-20,22-23H,8-11,13H2,1-2H3,(H,24,25)/t16-,17-,19-,20+/m0/s1. The maximum absolute atomic E-state index is 10.7. The van der Waals surface area contributed by atoms with Crippen LogP contribution in [0.25, 0.3) is 6.08 Å². The third-order valence-corrected chi connectivity index (χ3v) is 5.52. The van der Waals surface area contributed by atoms with Gasteiger partial charge in [-0.15, -0.1) is 0 Å². The highest BCUT2D eigenvalue weighted by molar-refractivity contribution is 5.64. The van der Waals surface area contributed by atoms with Crippen LogP contribution in [0.1, 0.15) is 51.5 Å². The SMILES string of the molecule is CC(C)C(=Cc1ccccc1)[C@@H]1C[C@H]1N[C@H]1CC[C@H](NC(=O)O)CC1. The zero-order valence-electron chi connectivity index (χ0n) is 15.2.